The van der Waals surface area contributed by atoms with Crippen LogP contribution < -0.4 is 5.32 Å². The summed E-state index contributed by atoms with van der Waals surface area (Å²) in [4.78, 5) is 29.5. The van der Waals surface area contributed by atoms with Crippen molar-refractivity contribution in [2.45, 2.75) is 31.8 Å². The smallest absolute Gasteiger partial charge is 0.410 e. The summed E-state index contributed by atoms with van der Waals surface area (Å²) in [7, 11) is 0. The van der Waals surface area contributed by atoms with Crippen molar-refractivity contribution in [3.05, 3.63) is 82.7 Å². The van der Waals surface area contributed by atoms with Gasteiger partial charge >= 0.3 is 12.1 Å². The summed E-state index contributed by atoms with van der Waals surface area (Å²) in [5, 5.41) is 12.7. The Hall–Kier alpha value is -3.58. The lowest BCUT2D eigenvalue weighted by molar-refractivity contribution is 0.0696. The second-order valence-corrected chi connectivity index (χ2v) is 8.72. The number of aromatic amines is 1. The van der Waals surface area contributed by atoms with Gasteiger partial charge in [-0.1, -0.05) is 48.5 Å². The van der Waals surface area contributed by atoms with Crippen molar-refractivity contribution in [1.82, 2.24) is 15.2 Å². The molecule has 170 valence electrons. The van der Waals surface area contributed by atoms with E-state index in [1.54, 1.807) is 17.9 Å². The van der Waals surface area contributed by atoms with Gasteiger partial charge in [0.1, 0.15) is 6.61 Å². The fourth-order valence-electron chi connectivity index (χ4n) is 5.04. The van der Waals surface area contributed by atoms with Crippen molar-refractivity contribution in [2.75, 3.05) is 19.7 Å². The fourth-order valence-corrected chi connectivity index (χ4v) is 5.04. The number of carbonyl (C=O) groups is 2. The minimum Gasteiger partial charge on any atom is -0.478 e. The summed E-state index contributed by atoms with van der Waals surface area (Å²) < 4.78 is 5.90. The zero-order valence-corrected chi connectivity index (χ0v) is 18.5. The molecule has 33 heavy (non-hydrogen) atoms. The number of carboxylic acid groups (broad SMARTS) is 1. The first kappa shape index (κ1) is 21.3. The number of hydrogen-bond acceptors (Lipinski definition) is 4. The number of fused-ring (bicyclic) bond motifs is 3. The highest BCUT2D eigenvalue weighted by atomic mass is 16.6. The number of aryl methyl sites for hydroxylation is 1. The van der Waals surface area contributed by atoms with E-state index in [9.17, 15) is 14.7 Å². The van der Waals surface area contributed by atoms with Crippen LogP contribution in [0.1, 0.15) is 45.2 Å². The van der Waals surface area contributed by atoms with Gasteiger partial charge in [0.05, 0.1) is 12.1 Å². The van der Waals surface area contributed by atoms with Crippen molar-refractivity contribution in [1.29, 1.82) is 0 Å². The lowest BCUT2D eigenvalue weighted by Gasteiger charge is -2.28. The molecule has 1 saturated heterocycles. The predicted molar refractivity (Wildman–Crippen MR) is 124 cm³/mol. The highest BCUT2D eigenvalue weighted by Crippen LogP contribution is 2.44. The van der Waals surface area contributed by atoms with Gasteiger partial charge in [0.25, 0.3) is 0 Å². The highest BCUT2D eigenvalue weighted by molar-refractivity contribution is 5.89. The van der Waals surface area contributed by atoms with E-state index >= 15 is 0 Å². The van der Waals surface area contributed by atoms with E-state index in [-0.39, 0.29) is 36.8 Å². The molecule has 7 nitrogen and oxygen atoms in total. The molecule has 0 spiro atoms. The van der Waals surface area contributed by atoms with Gasteiger partial charge in [-0.15, -0.1) is 0 Å². The first-order valence-corrected chi connectivity index (χ1v) is 11.3. The summed E-state index contributed by atoms with van der Waals surface area (Å²) in [6.45, 7) is 3.78. The number of aromatic carboxylic acids is 1. The van der Waals surface area contributed by atoms with Gasteiger partial charge in [0.15, 0.2) is 0 Å². The summed E-state index contributed by atoms with van der Waals surface area (Å²) in [5.41, 5.74) is 6.21. The number of ether oxygens (including phenoxy) is 1. The van der Waals surface area contributed by atoms with Crippen LogP contribution in [-0.4, -0.2) is 52.8 Å². The molecule has 1 atom stereocenters. The van der Waals surface area contributed by atoms with Crippen LogP contribution in [0.4, 0.5) is 4.79 Å². The number of benzene rings is 2. The summed E-state index contributed by atoms with van der Waals surface area (Å²) in [5.74, 6) is -0.985. The average molecular weight is 446 g/mol. The predicted octanol–water partition coefficient (Wildman–Crippen LogP) is 4.13. The number of nitrogens with one attached hydrogen (secondary N) is 2. The van der Waals surface area contributed by atoms with Crippen molar-refractivity contribution < 1.29 is 19.4 Å². The maximum Gasteiger partial charge on any atom is 0.410 e. The molecule has 0 saturated carbocycles. The van der Waals surface area contributed by atoms with Crippen molar-refractivity contribution in [3.63, 3.8) is 0 Å². The normalized spacial score (nSPS) is 16.9. The summed E-state index contributed by atoms with van der Waals surface area (Å²) in [6, 6.07) is 18.1. The molecule has 1 fully saturated rings. The highest BCUT2D eigenvalue weighted by Gasteiger charge is 2.32. The third kappa shape index (κ3) is 4.00. The molecule has 1 aromatic heterocycles. The van der Waals surface area contributed by atoms with Crippen molar-refractivity contribution >= 4 is 12.1 Å². The zero-order chi connectivity index (χ0) is 22.9. The SMILES string of the molecule is Cc1[nH]c(CN(C(=O)OCC2c3ccccc3-c3ccccc32)[C@H]2CCNC2)cc1C(=O)O. The zero-order valence-electron chi connectivity index (χ0n) is 18.5. The monoisotopic (exact) mass is 445 g/mol. The Morgan fingerprint density at radius 2 is 1.76 bits per heavy atom. The molecule has 1 aliphatic heterocycles. The first-order valence-electron chi connectivity index (χ1n) is 11.3. The average Bonchev–Trinajstić information content (AvgIpc) is 3.54. The number of aromatic nitrogens is 1. The van der Waals surface area contributed by atoms with Gasteiger partial charge in [0.2, 0.25) is 0 Å². The van der Waals surface area contributed by atoms with Crippen molar-refractivity contribution in [3.8, 4) is 11.1 Å². The van der Waals surface area contributed by atoms with E-state index in [1.165, 1.54) is 22.3 Å². The van der Waals surface area contributed by atoms with Gasteiger partial charge in [-0.3, -0.25) is 4.90 Å². The van der Waals surface area contributed by atoms with Crippen LogP contribution in [0.2, 0.25) is 0 Å². The largest absolute Gasteiger partial charge is 0.478 e. The topological polar surface area (TPSA) is 94.7 Å². The third-order valence-corrected chi connectivity index (χ3v) is 6.69. The van der Waals surface area contributed by atoms with Crippen LogP contribution in [0, 0.1) is 6.92 Å². The maximum absolute atomic E-state index is 13.3. The molecule has 0 radical (unpaired) electrons. The molecule has 0 bridgehead atoms. The number of H-pyrrole nitrogens is 1. The molecule has 7 heteroatoms. The molecule has 2 aliphatic rings. The molecule has 2 aromatic carbocycles. The van der Waals surface area contributed by atoms with E-state index in [0.29, 0.717) is 17.9 Å². The van der Waals surface area contributed by atoms with Crippen LogP contribution in [0.25, 0.3) is 11.1 Å². The summed E-state index contributed by atoms with van der Waals surface area (Å²) >= 11 is 0. The lowest BCUT2D eigenvalue weighted by atomic mass is 9.98. The Labute approximate surface area is 192 Å². The second kappa shape index (κ2) is 8.75. The van der Waals surface area contributed by atoms with E-state index in [1.807, 2.05) is 24.3 Å². The van der Waals surface area contributed by atoms with Gasteiger partial charge in [-0.2, -0.15) is 0 Å². The quantitative estimate of drug-likeness (QED) is 0.530. The van der Waals surface area contributed by atoms with Gasteiger partial charge in [-0.25, -0.2) is 9.59 Å². The molecule has 0 unspecified atom stereocenters. The molecule has 3 aromatic rings. The molecular formula is C26H27N3O4. The van der Waals surface area contributed by atoms with Crippen molar-refractivity contribution in [2.24, 2.45) is 0 Å². The Balaban J connectivity index is 1.35. The number of rotatable bonds is 6. The molecule has 1 amide bonds. The molecular weight excluding hydrogens is 418 g/mol. The minimum atomic E-state index is -0.981. The Kier molecular flexibility index (Phi) is 5.64. The molecule has 1 aliphatic carbocycles. The molecule has 5 rings (SSSR count). The number of carboxylic acids is 1. The number of nitrogens with zero attached hydrogens (tertiary/aromatic N) is 1. The van der Waals surface area contributed by atoms with Crippen LogP contribution in [-0.2, 0) is 11.3 Å². The van der Waals surface area contributed by atoms with Gasteiger partial charge in [0, 0.05) is 29.9 Å². The van der Waals surface area contributed by atoms with Crippen LogP contribution in [0.3, 0.4) is 0 Å². The lowest BCUT2D eigenvalue weighted by Crippen LogP contribution is -2.41. The molecule has 2 heterocycles. The minimum absolute atomic E-state index is 0.00228. The van der Waals surface area contributed by atoms with E-state index in [0.717, 1.165) is 13.0 Å². The van der Waals surface area contributed by atoms with E-state index in [2.05, 4.69) is 34.6 Å². The Morgan fingerprint density at radius 3 is 2.33 bits per heavy atom. The number of hydrogen-bond donors (Lipinski definition) is 3. The van der Waals surface area contributed by atoms with Crippen LogP contribution in [0.15, 0.2) is 54.6 Å². The number of amides is 1. The van der Waals surface area contributed by atoms with E-state index < -0.39 is 5.97 Å². The van der Waals surface area contributed by atoms with Crippen LogP contribution in [0.5, 0.6) is 0 Å². The second-order valence-electron chi connectivity index (χ2n) is 8.72. The van der Waals surface area contributed by atoms with Gasteiger partial charge < -0.3 is 20.1 Å². The Morgan fingerprint density at radius 1 is 1.09 bits per heavy atom. The Bertz CT molecular complexity index is 1150. The maximum atomic E-state index is 13.3. The van der Waals surface area contributed by atoms with Gasteiger partial charge in [-0.05, 0) is 48.2 Å². The summed E-state index contributed by atoms with van der Waals surface area (Å²) in [6.07, 6.45) is 0.449. The molecule has 3 N–H and O–H groups in total. The fraction of sp³-hybridized carbons (Fsp3) is 0.308. The first-order chi connectivity index (χ1) is 16.0. The third-order valence-electron chi connectivity index (χ3n) is 6.69. The standard InChI is InChI=1S/C26H27N3O4/c1-16-23(25(30)31)12-17(28-16)14-29(18-10-11-27-13-18)26(32)33-15-24-21-8-4-2-6-19(21)20-7-3-5-9-22(20)24/h2-9,12,18,24,27-28H,10-11,13-15H2,1H3,(H,30,31)/t18-/m0/s1. The van der Waals surface area contributed by atoms with Crippen LogP contribution >= 0.6 is 0 Å². The van der Waals surface area contributed by atoms with E-state index in [4.69, 9.17) is 4.74 Å². The number of carbonyl (C=O) groups excluding carboxylic acids is 1.